The molecule has 3 heterocycles. The summed E-state index contributed by atoms with van der Waals surface area (Å²) in [4.78, 5) is 4.71. The maximum absolute atomic E-state index is 6.00. The third-order valence-corrected chi connectivity index (χ3v) is 3.74. The Morgan fingerprint density at radius 2 is 2.35 bits per heavy atom. The highest BCUT2D eigenvalue weighted by molar-refractivity contribution is 6.30. The number of imidazole rings is 1. The molecule has 1 aliphatic rings. The summed E-state index contributed by atoms with van der Waals surface area (Å²) in [7, 11) is 0. The minimum absolute atomic E-state index is 0.405. The van der Waals surface area contributed by atoms with Gasteiger partial charge in [-0.05, 0) is 32.4 Å². The highest BCUT2D eigenvalue weighted by atomic mass is 35.5. The van der Waals surface area contributed by atoms with Crippen LogP contribution in [0.3, 0.4) is 0 Å². The number of halogens is 1. The summed E-state index contributed by atoms with van der Waals surface area (Å²) >= 11 is 6.00. The maximum atomic E-state index is 6.00. The fraction of sp³-hybridized carbons (Fsp3) is 0.462. The van der Waals surface area contributed by atoms with E-state index in [4.69, 9.17) is 16.6 Å². The van der Waals surface area contributed by atoms with Gasteiger partial charge in [0.05, 0.1) is 11.7 Å². The summed E-state index contributed by atoms with van der Waals surface area (Å²) < 4.78 is 2.11. The third kappa shape index (κ3) is 1.94. The molecule has 1 aliphatic heterocycles. The summed E-state index contributed by atoms with van der Waals surface area (Å²) in [6.45, 7) is 3.22. The number of hydrogen-bond donors (Lipinski definition) is 1. The molecule has 3 nitrogen and oxygen atoms in total. The lowest BCUT2D eigenvalue weighted by Gasteiger charge is -2.22. The van der Waals surface area contributed by atoms with Crippen LogP contribution in [0.5, 0.6) is 0 Å². The lowest BCUT2D eigenvalue weighted by atomic mass is 10.0. The van der Waals surface area contributed by atoms with Crippen LogP contribution in [0.1, 0.15) is 36.7 Å². The van der Waals surface area contributed by atoms with Crippen molar-refractivity contribution in [1.29, 1.82) is 0 Å². The van der Waals surface area contributed by atoms with Crippen LogP contribution in [-0.4, -0.2) is 15.9 Å². The van der Waals surface area contributed by atoms with Crippen molar-refractivity contribution >= 4 is 17.2 Å². The van der Waals surface area contributed by atoms with E-state index in [-0.39, 0.29) is 0 Å². The smallest absolute Gasteiger partial charge is 0.138 e. The van der Waals surface area contributed by atoms with E-state index >= 15 is 0 Å². The van der Waals surface area contributed by atoms with Crippen molar-refractivity contribution in [2.24, 2.45) is 0 Å². The van der Waals surface area contributed by atoms with Gasteiger partial charge in [-0.3, -0.25) is 0 Å². The van der Waals surface area contributed by atoms with Crippen molar-refractivity contribution in [1.82, 2.24) is 14.7 Å². The molecule has 1 saturated heterocycles. The Morgan fingerprint density at radius 3 is 3.12 bits per heavy atom. The lowest BCUT2D eigenvalue weighted by molar-refractivity contribution is 0.405. The van der Waals surface area contributed by atoms with Gasteiger partial charge in [-0.15, -0.1) is 0 Å². The minimum Gasteiger partial charge on any atom is -0.309 e. The molecule has 0 amide bonds. The van der Waals surface area contributed by atoms with Crippen LogP contribution >= 0.6 is 11.6 Å². The second-order valence-corrected chi connectivity index (χ2v) is 5.09. The van der Waals surface area contributed by atoms with Crippen molar-refractivity contribution in [2.75, 3.05) is 6.54 Å². The Kier molecular flexibility index (Phi) is 2.81. The predicted octanol–water partition coefficient (Wildman–Crippen LogP) is 3.11. The number of nitrogens with zero attached hydrogens (tertiary/aromatic N) is 2. The molecule has 1 N–H and O–H groups in total. The average molecular weight is 250 g/mol. The second-order valence-electron chi connectivity index (χ2n) is 4.66. The summed E-state index contributed by atoms with van der Waals surface area (Å²) in [6, 6.07) is 4.23. The number of fused-ring (bicyclic) bond motifs is 1. The first-order chi connectivity index (χ1) is 8.25. The van der Waals surface area contributed by atoms with Crippen molar-refractivity contribution < 1.29 is 0 Å². The number of nitrogens with one attached hydrogen (secondary N) is 1. The molecule has 1 fully saturated rings. The zero-order valence-electron chi connectivity index (χ0n) is 9.91. The van der Waals surface area contributed by atoms with Crippen LogP contribution in [0.2, 0.25) is 5.02 Å². The number of pyridine rings is 1. The first kappa shape index (κ1) is 11.1. The van der Waals surface area contributed by atoms with Crippen molar-refractivity contribution in [3.05, 3.63) is 34.7 Å². The molecule has 4 heteroatoms. The highest BCUT2D eigenvalue weighted by Crippen LogP contribution is 2.26. The van der Waals surface area contributed by atoms with Crippen LogP contribution in [-0.2, 0) is 0 Å². The summed E-state index contributed by atoms with van der Waals surface area (Å²) in [5, 5.41) is 4.28. The molecule has 0 bridgehead atoms. The number of piperidine rings is 1. The molecule has 0 aromatic carbocycles. The zero-order valence-corrected chi connectivity index (χ0v) is 10.7. The molecule has 3 rings (SSSR count). The molecule has 2 aromatic rings. The molecule has 1 unspecified atom stereocenters. The van der Waals surface area contributed by atoms with Gasteiger partial charge >= 0.3 is 0 Å². The number of rotatable bonds is 1. The number of aryl methyl sites for hydroxylation is 1. The van der Waals surface area contributed by atoms with E-state index in [9.17, 15) is 0 Å². The standard InChI is InChI=1S/C13H16ClN3/c1-9-13(11-4-2-3-6-15-11)16-12-8-10(14)5-7-17(9)12/h5,7-8,11,15H,2-4,6H2,1H3. The second kappa shape index (κ2) is 4.31. The number of aromatic nitrogens is 2. The van der Waals surface area contributed by atoms with Crippen LogP contribution in [0.15, 0.2) is 18.3 Å². The van der Waals surface area contributed by atoms with Gasteiger partial charge in [-0.2, -0.15) is 0 Å². The zero-order chi connectivity index (χ0) is 11.8. The van der Waals surface area contributed by atoms with Gasteiger partial charge in [0.25, 0.3) is 0 Å². The first-order valence-corrected chi connectivity index (χ1v) is 6.51. The SMILES string of the molecule is Cc1c(C2CCCCN2)nc2cc(Cl)ccn12. The summed E-state index contributed by atoms with van der Waals surface area (Å²) in [5.74, 6) is 0. The van der Waals surface area contributed by atoms with Crippen LogP contribution in [0, 0.1) is 6.92 Å². The Morgan fingerprint density at radius 1 is 1.47 bits per heavy atom. The Hall–Kier alpha value is -1.06. The Balaban J connectivity index is 2.07. The Labute approximate surface area is 106 Å². The van der Waals surface area contributed by atoms with Crippen molar-refractivity contribution in [2.45, 2.75) is 32.2 Å². The van der Waals surface area contributed by atoms with Gasteiger partial charge in [0, 0.05) is 23.0 Å². The van der Waals surface area contributed by atoms with Crippen LogP contribution < -0.4 is 5.32 Å². The van der Waals surface area contributed by atoms with Crippen molar-refractivity contribution in [3.8, 4) is 0 Å². The summed E-state index contributed by atoms with van der Waals surface area (Å²) in [6.07, 6.45) is 5.73. The fourth-order valence-electron chi connectivity index (χ4n) is 2.58. The van der Waals surface area contributed by atoms with Gasteiger partial charge in [-0.25, -0.2) is 4.98 Å². The van der Waals surface area contributed by atoms with E-state index in [0.717, 1.165) is 17.2 Å². The highest BCUT2D eigenvalue weighted by Gasteiger charge is 2.20. The molecular formula is C13H16ClN3. The molecular weight excluding hydrogens is 234 g/mol. The predicted molar refractivity (Wildman–Crippen MR) is 69.5 cm³/mol. The molecule has 0 saturated carbocycles. The van der Waals surface area contributed by atoms with E-state index < -0.39 is 0 Å². The van der Waals surface area contributed by atoms with Gasteiger partial charge in [0.1, 0.15) is 5.65 Å². The Bertz CT molecular complexity index is 541. The molecule has 0 aliphatic carbocycles. The molecule has 17 heavy (non-hydrogen) atoms. The van der Waals surface area contributed by atoms with Crippen LogP contribution in [0.4, 0.5) is 0 Å². The first-order valence-electron chi connectivity index (χ1n) is 6.13. The van der Waals surface area contributed by atoms with E-state index in [0.29, 0.717) is 6.04 Å². The van der Waals surface area contributed by atoms with Gasteiger partial charge in [0.15, 0.2) is 0 Å². The molecule has 0 spiro atoms. The maximum Gasteiger partial charge on any atom is 0.138 e. The largest absolute Gasteiger partial charge is 0.309 e. The van der Waals surface area contributed by atoms with E-state index in [1.807, 2.05) is 18.3 Å². The van der Waals surface area contributed by atoms with E-state index in [1.165, 1.54) is 30.7 Å². The average Bonchev–Trinajstić information content (AvgIpc) is 2.67. The quantitative estimate of drug-likeness (QED) is 0.842. The van der Waals surface area contributed by atoms with Gasteiger partial charge in [0.2, 0.25) is 0 Å². The molecule has 1 atom stereocenters. The fourth-order valence-corrected chi connectivity index (χ4v) is 2.73. The van der Waals surface area contributed by atoms with Gasteiger partial charge in [-0.1, -0.05) is 18.0 Å². The summed E-state index contributed by atoms with van der Waals surface area (Å²) in [5.41, 5.74) is 3.33. The molecule has 0 radical (unpaired) electrons. The monoisotopic (exact) mass is 249 g/mol. The van der Waals surface area contributed by atoms with Gasteiger partial charge < -0.3 is 9.72 Å². The van der Waals surface area contributed by atoms with Crippen LogP contribution in [0.25, 0.3) is 5.65 Å². The lowest BCUT2D eigenvalue weighted by Crippen LogP contribution is -2.27. The molecule has 2 aromatic heterocycles. The normalized spacial score (nSPS) is 20.9. The van der Waals surface area contributed by atoms with E-state index in [1.54, 1.807) is 0 Å². The van der Waals surface area contributed by atoms with E-state index in [2.05, 4.69) is 16.6 Å². The number of hydrogen-bond acceptors (Lipinski definition) is 2. The minimum atomic E-state index is 0.405. The van der Waals surface area contributed by atoms with Crippen molar-refractivity contribution in [3.63, 3.8) is 0 Å². The third-order valence-electron chi connectivity index (χ3n) is 3.50. The molecule has 90 valence electrons. The topological polar surface area (TPSA) is 29.3 Å².